The number of hydrogen-bond acceptors (Lipinski definition) is 2. The molecule has 0 heterocycles. The van der Waals surface area contributed by atoms with E-state index in [1.807, 2.05) is 0 Å². The third-order valence-corrected chi connectivity index (χ3v) is 0.262. The predicted octanol–water partition coefficient (Wildman–Crippen LogP) is -1.88. The molecule has 0 amide bonds. The number of nitrogens with two attached hydrogens (primary N) is 1. The van der Waals surface area contributed by atoms with Crippen molar-refractivity contribution in [3.05, 3.63) is 0 Å². The van der Waals surface area contributed by atoms with Gasteiger partial charge in [0.1, 0.15) is 6.61 Å². The van der Waals surface area contributed by atoms with Crippen LogP contribution in [0.1, 0.15) is 0 Å². The summed E-state index contributed by atoms with van der Waals surface area (Å²) in [6.45, 7) is 1.30. The van der Waals surface area contributed by atoms with Gasteiger partial charge in [-0.1, -0.05) is 0 Å². The van der Waals surface area contributed by atoms with Gasteiger partial charge in [0.15, 0.2) is 0 Å². The average Bonchev–Trinajstić information content (AvgIpc) is 1.41. The van der Waals surface area contributed by atoms with Crippen molar-refractivity contribution in [2.45, 2.75) is 0 Å². The van der Waals surface area contributed by atoms with Crippen LogP contribution in [0.15, 0.2) is 0 Å². The lowest BCUT2D eigenvalue weighted by molar-refractivity contribution is -0.374. The van der Waals surface area contributed by atoms with E-state index in [4.69, 9.17) is 0 Å². The summed E-state index contributed by atoms with van der Waals surface area (Å²) in [6, 6.07) is 0. The zero-order valence-electron chi connectivity index (χ0n) is 3.11. The zero-order chi connectivity index (χ0) is 4.12. The minimum Gasteiger partial charge on any atom is -0.356 e. The minimum atomic E-state index is 0.556. The molecule has 0 aromatic rings. The summed E-state index contributed by atoms with van der Waals surface area (Å²) in [7, 11) is 0. The summed E-state index contributed by atoms with van der Waals surface area (Å²) in [4.78, 5) is 4.13. The van der Waals surface area contributed by atoms with E-state index >= 15 is 0 Å². The van der Waals surface area contributed by atoms with Crippen molar-refractivity contribution in [3.8, 4) is 0 Å². The lowest BCUT2D eigenvalue weighted by Gasteiger charge is -1.82. The normalized spacial score (nSPS) is 8.40. The quantitative estimate of drug-likeness (QED) is 0.379. The summed E-state index contributed by atoms with van der Waals surface area (Å²) >= 11 is 0. The molecule has 0 aromatic heterocycles. The maximum atomic E-state index is 4.60. The Morgan fingerprint density at radius 2 is 2.40 bits per heavy atom. The van der Waals surface area contributed by atoms with E-state index < -0.39 is 0 Å². The SMILES string of the molecule is NOCC[NH3+]. The molecule has 3 nitrogen and oxygen atoms in total. The molecule has 0 rings (SSSR count). The maximum Gasteiger partial charge on any atom is 0.117 e. The first-order valence-corrected chi connectivity index (χ1v) is 1.52. The van der Waals surface area contributed by atoms with Gasteiger partial charge in [0.25, 0.3) is 0 Å². The van der Waals surface area contributed by atoms with Gasteiger partial charge in [-0.15, -0.1) is 0 Å². The summed E-state index contributed by atoms with van der Waals surface area (Å²) in [5.41, 5.74) is 3.47. The second kappa shape index (κ2) is 3.88. The van der Waals surface area contributed by atoms with E-state index in [2.05, 4.69) is 16.5 Å². The highest BCUT2D eigenvalue weighted by Crippen LogP contribution is 1.44. The molecule has 3 heteroatoms. The van der Waals surface area contributed by atoms with Crippen LogP contribution in [0.25, 0.3) is 0 Å². The van der Waals surface area contributed by atoms with Gasteiger partial charge in [-0.2, -0.15) is 0 Å². The average molecular weight is 77.1 g/mol. The first kappa shape index (κ1) is 4.88. The minimum absolute atomic E-state index is 0.556. The molecule has 0 saturated carbocycles. The van der Waals surface area contributed by atoms with Gasteiger partial charge in [-0.25, -0.2) is 5.90 Å². The van der Waals surface area contributed by atoms with Gasteiger partial charge in [0, 0.05) is 0 Å². The zero-order valence-corrected chi connectivity index (χ0v) is 3.11. The Balaban J connectivity index is 2.19. The third kappa shape index (κ3) is 3.88. The van der Waals surface area contributed by atoms with Crippen LogP contribution in [0.5, 0.6) is 0 Å². The largest absolute Gasteiger partial charge is 0.356 e. The fourth-order valence-electron chi connectivity index (χ4n) is 0.0833. The first-order chi connectivity index (χ1) is 2.41. The fourth-order valence-corrected chi connectivity index (χ4v) is 0.0833. The maximum absolute atomic E-state index is 4.60. The third-order valence-electron chi connectivity index (χ3n) is 0.262. The molecule has 0 aliphatic heterocycles. The van der Waals surface area contributed by atoms with Crippen LogP contribution in [0.2, 0.25) is 0 Å². The molecule has 5 N–H and O–H groups in total. The van der Waals surface area contributed by atoms with Crippen LogP contribution < -0.4 is 11.6 Å². The monoisotopic (exact) mass is 77.1 g/mol. The number of quaternary nitrogens is 1. The number of rotatable bonds is 2. The molecule has 5 heavy (non-hydrogen) atoms. The highest BCUT2D eigenvalue weighted by Gasteiger charge is 1.70. The van der Waals surface area contributed by atoms with Gasteiger partial charge in [-0.05, 0) is 0 Å². The van der Waals surface area contributed by atoms with E-state index in [1.165, 1.54) is 0 Å². The van der Waals surface area contributed by atoms with Crippen molar-refractivity contribution in [2.75, 3.05) is 13.2 Å². The lowest BCUT2D eigenvalue weighted by atomic mass is 10.8. The smallest absolute Gasteiger partial charge is 0.117 e. The highest BCUT2D eigenvalue weighted by atomic mass is 16.6. The molecule has 0 radical (unpaired) electrons. The van der Waals surface area contributed by atoms with Gasteiger partial charge in [0.2, 0.25) is 0 Å². The van der Waals surface area contributed by atoms with Gasteiger partial charge in [0.05, 0.1) is 6.54 Å². The van der Waals surface area contributed by atoms with Gasteiger partial charge >= 0.3 is 0 Å². The number of hydrogen-bond donors (Lipinski definition) is 2. The molecule has 0 atom stereocenters. The molecule has 0 unspecified atom stereocenters. The molecule has 0 aliphatic carbocycles. The van der Waals surface area contributed by atoms with Crippen molar-refractivity contribution in [2.24, 2.45) is 5.90 Å². The van der Waals surface area contributed by atoms with Crippen molar-refractivity contribution in [3.63, 3.8) is 0 Å². The van der Waals surface area contributed by atoms with Crippen LogP contribution in [-0.4, -0.2) is 13.2 Å². The Bertz CT molecular complexity index is 15.1. The van der Waals surface area contributed by atoms with Gasteiger partial charge in [-0.3, -0.25) is 4.84 Å². The second-order valence-electron chi connectivity index (χ2n) is 0.724. The Hall–Kier alpha value is -0.120. The van der Waals surface area contributed by atoms with Crippen molar-refractivity contribution in [1.29, 1.82) is 0 Å². The van der Waals surface area contributed by atoms with E-state index in [-0.39, 0.29) is 0 Å². The molecule has 0 fully saturated rings. The van der Waals surface area contributed by atoms with Crippen molar-refractivity contribution < 1.29 is 10.6 Å². The molecule has 0 spiro atoms. The molecule has 0 aromatic carbocycles. The standard InChI is InChI=1S/C2H8N2O/c3-1-2-5-4/h1-4H2/p+1. The predicted molar refractivity (Wildman–Crippen MR) is 17.9 cm³/mol. The van der Waals surface area contributed by atoms with Crippen LogP contribution >= 0.6 is 0 Å². The fraction of sp³-hybridized carbons (Fsp3) is 1.00. The Morgan fingerprint density at radius 1 is 1.80 bits per heavy atom. The van der Waals surface area contributed by atoms with Gasteiger partial charge < -0.3 is 5.73 Å². The van der Waals surface area contributed by atoms with E-state index in [9.17, 15) is 0 Å². The van der Waals surface area contributed by atoms with Crippen LogP contribution in [0.3, 0.4) is 0 Å². The van der Waals surface area contributed by atoms with E-state index in [0.29, 0.717) is 6.61 Å². The second-order valence-corrected chi connectivity index (χ2v) is 0.724. The molecule has 32 valence electrons. The molecule has 0 bridgehead atoms. The van der Waals surface area contributed by atoms with Crippen LogP contribution in [-0.2, 0) is 4.84 Å². The van der Waals surface area contributed by atoms with E-state index in [1.54, 1.807) is 0 Å². The summed E-state index contributed by atoms with van der Waals surface area (Å²) in [6.07, 6.45) is 0. The Morgan fingerprint density at radius 3 is 2.40 bits per heavy atom. The van der Waals surface area contributed by atoms with Crippen molar-refractivity contribution in [1.82, 2.24) is 0 Å². The highest BCUT2D eigenvalue weighted by molar-refractivity contribution is 4.08. The Kier molecular flexibility index (Phi) is 3.79. The summed E-state index contributed by atoms with van der Waals surface area (Å²) in [5.74, 6) is 4.60. The molecular formula is C2H9N2O+. The topological polar surface area (TPSA) is 62.9 Å². The van der Waals surface area contributed by atoms with E-state index in [0.717, 1.165) is 6.54 Å². The molecular weight excluding hydrogens is 68.0 g/mol. The summed E-state index contributed by atoms with van der Waals surface area (Å²) in [5, 5.41) is 0. The lowest BCUT2D eigenvalue weighted by Crippen LogP contribution is -2.52. The van der Waals surface area contributed by atoms with Crippen LogP contribution in [0.4, 0.5) is 0 Å². The van der Waals surface area contributed by atoms with Crippen molar-refractivity contribution >= 4 is 0 Å². The van der Waals surface area contributed by atoms with Crippen LogP contribution in [0, 0.1) is 0 Å². The Labute approximate surface area is 30.9 Å². The summed E-state index contributed by atoms with van der Waals surface area (Å²) < 4.78 is 0. The molecule has 0 aliphatic rings. The first-order valence-electron chi connectivity index (χ1n) is 1.52. The molecule has 0 saturated heterocycles.